The molecule has 1 atom stereocenters. The molecular weight excluding hydrogens is 746 g/mol. The van der Waals surface area contributed by atoms with Crippen molar-refractivity contribution in [1.82, 2.24) is 4.57 Å². The minimum absolute atomic E-state index is 0.0207. The molecule has 1 aliphatic rings. The average Bonchev–Trinajstić information content (AvgIpc) is 3.34. The van der Waals surface area contributed by atoms with Crippen LogP contribution in [-0.4, -0.2) is 31.4 Å². The number of methoxy groups -OCH3 is 2. The Labute approximate surface area is 287 Å². The standard InChI is InChI=1S/C34H31ClFIN2O6S/c1-5-9-25-29(33(41)44-6-2)30(22-17-21(35)12-13-26(22)42-3)39-32(40)28(46-34(39)38-25)16-19-14-24(37)31(27(15-19)43-4)45-18-20-10-7-8-11-23(20)36/h7-8,10-17,30H,5-6,9,18H2,1-4H3/b28-16+/t30-/m0/s1. The van der Waals surface area contributed by atoms with Crippen molar-refractivity contribution in [1.29, 1.82) is 0 Å². The molecule has 4 aromatic rings. The third-order valence-electron chi connectivity index (χ3n) is 7.26. The number of carbonyl (C=O) groups excluding carboxylic acids is 1. The number of rotatable bonds is 11. The third-order valence-corrected chi connectivity index (χ3v) is 9.28. The first-order valence-corrected chi connectivity index (χ1v) is 16.8. The van der Waals surface area contributed by atoms with E-state index in [9.17, 15) is 14.0 Å². The lowest BCUT2D eigenvalue weighted by atomic mass is 9.93. The number of fused-ring (bicyclic) bond motifs is 1. The van der Waals surface area contributed by atoms with Crippen LogP contribution in [0, 0.1) is 9.39 Å². The summed E-state index contributed by atoms with van der Waals surface area (Å²) in [6, 6.07) is 14.2. The Bertz CT molecular complexity index is 2010. The monoisotopic (exact) mass is 776 g/mol. The van der Waals surface area contributed by atoms with Gasteiger partial charge in [-0.05, 0) is 84.0 Å². The molecule has 0 bridgehead atoms. The number of thiazole rings is 1. The molecule has 2 heterocycles. The minimum atomic E-state index is -0.878. The second-order valence-electron chi connectivity index (χ2n) is 10.2. The molecular formula is C34H31ClFIN2O6S. The van der Waals surface area contributed by atoms with Crippen LogP contribution in [0.1, 0.15) is 49.4 Å². The second-order valence-corrected chi connectivity index (χ2v) is 12.8. The fourth-order valence-electron chi connectivity index (χ4n) is 5.21. The maximum Gasteiger partial charge on any atom is 0.338 e. The first-order valence-electron chi connectivity index (χ1n) is 14.5. The Hall–Kier alpha value is -3.68. The summed E-state index contributed by atoms with van der Waals surface area (Å²) in [5.74, 6) is 0.445. The van der Waals surface area contributed by atoms with Gasteiger partial charge < -0.3 is 18.9 Å². The molecule has 5 rings (SSSR count). The lowest BCUT2D eigenvalue weighted by molar-refractivity contribution is -0.139. The molecule has 0 saturated heterocycles. The van der Waals surface area contributed by atoms with Crippen LogP contribution >= 0.6 is 45.5 Å². The van der Waals surface area contributed by atoms with Gasteiger partial charge in [-0.3, -0.25) is 9.36 Å². The summed E-state index contributed by atoms with van der Waals surface area (Å²) in [7, 11) is 3.04. The summed E-state index contributed by atoms with van der Waals surface area (Å²) in [5, 5.41) is 0.425. The number of esters is 1. The summed E-state index contributed by atoms with van der Waals surface area (Å²) >= 11 is 9.77. The van der Waals surface area contributed by atoms with Crippen molar-refractivity contribution in [2.24, 2.45) is 4.99 Å². The second kappa shape index (κ2) is 14.8. The summed E-state index contributed by atoms with van der Waals surface area (Å²) in [4.78, 5) is 33.0. The van der Waals surface area contributed by atoms with Crippen molar-refractivity contribution in [3.8, 4) is 17.2 Å². The number of hydrogen-bond donors (Lipinski definition) is 0. The predicted octanol–water partition coefficient (Wildman–Crippen LogP) is 6.57. The van der Waals surface area contributed by atoms with E-state index in [1.165, 1.54) is 36.2 Å². The first kappa shape index (κ1) is 33.7. The molecule has 0 radical (unpaired) electrons. The average molecular weight is 777 g/mol. The van der Waals surface area contributed by atoms with Gasteiger partial charge in [-0.25, -0.2) is 14.2 Å². The zero-order chi connectivity index (χ0) is 33.0. The Morgan fingerprint density at radius 3 is 2.57 bits per heavy atom. The van der Waals surface area contributed by atoms with E-state index in [1.807, 2.05) is 13.0 Å². The number of hydrogen-bond acceptors (Lipinski definition) is 8. The summed E-state index contributed by atoms with van der Waals surface area (Å²) in [5.41, 5.74) is 2.12. The van der Waals surface area contributed by atoms with Gasteiger partial charge in [0.2, 0.25) is 0 Å². The van der Waals surface area contributed by atoms with Crippen molar-refractivity contribution >= 4 is 57.6 Å². The quantitative estimate of drug-likeness (QED) is 0.127. The van der Waals surface area contributed by atoms with Crippen molar-refractivity contribution < 1.29 is 28.1 Å². The van der Waals surface area contributed by atoms with Gasteiger partial charge in [-0.2, -0.15) is 0 Å². The maximum absolute atomic E-state index is 14.2. The van der Waals surface area contributed by atoms with Crippen LogP contribution in [0.15, 0.2) is 75.7 Å². The van der Waals surface area contributed by atoms with Gasteiger partial charge in [-0.15, -0.1) is 0 Å². The zero-order valence-electron chi connectivity index (χ0n) is 25.6. The highest BCUT2D eigenvalue weighted by Gasteiger charge is 2.36. The largest absolute Gasteiger partial charge is 0.496 e. The molecule has 3 aromatic carbocycles. The highest BCUT2D eigenvalue weighted by atomic mass is 127. The van der Waals surface area contributed by atoms with E-state index in [2.05, 4.69) is 22.6 Å². The van der Waals surface area contributed by atoms with Crippen LogP contribution in [0.2, 0.25) is 5.02 Å². The molecule has 1 aromatic heterocycles. The SMILES string of the molecule is CCCC1=C(C(=O)OCC)[C@H](c2cc(Cl)ccc2OC)n2c(s/c(=C/c3cc(I)c(OCc4ccccc4F)c(OC)c3)c2=O)=N1. The zero-order valence-corrected chi connectivity index (χ0v) is 29.3. The number of halogens is 3. The molecule has 46 heavy (non-hydrogen) atoms. The highest BCUT2D eigenvalue weighted by molar-refractivity contribution is 14.1. The van der Waals surface area contributed by atoms with Gasteiger partial charge in [0.15, 0.2) is 16.3 Å². The summed E-state index contributed by atoms with van der Waals surface area (Å²) in [6.45, 7) is 3.90. The molecule has 0 unspecified atom stereocenters. The van der Waals surface area contributed by atoms with E-state index < -0.39 is 12.0 Å². The van der Waals surface area contributed by atoms with Crippen molar-refractivity contribution in [2.45, 2.75) is 39.3 Å². The number of allylic oxidation sites excluding steroid dienone is 1. The Morgan fingerprint density at radius 2 is 1.87 bits per heavy atom. The van der Waals surface area contributed by atoms with E-state index in [0.717, 1.165) is 6.42 Å². The van der Waals surface area contributed by atoms with Gasteiger partial charge in [0, 0.05) is 16.1 Å². The van der Waals surface area contributed by atoms with Gasteiger partial charge >= 0.3 is 5.97 Å². The number of benzene rings is 3. The lowest BCUT2D eigenvalue weighted by Gasteiger charge is -2.27. The molecule has 0 saturated carbocycles. The van der Waals surface area contributed by atoms with Crippen LogP contribution < -0.4 is 29.1 Å². The van der Waals surface area contributed by atoms with Crippen LogP contribution in [-0.2, 0) is 16.1 Å². The normalized spacial score (nSPS) is 14.5. The number of nitrogens with zero attached hydrogens (tertiary/aromatic N) is 2. The molecule has 1 aliphatic heterocycles. The van der Waals surface area contributed by atoms with Gasteiger partial charge in [-0.1, -0.05) is 54.5 Å². The Balaban J connectivity index is 1.65. The number of aromatic nitrogens is 1. The van der Waals surface area contributed by atoms with Crippen molar-refractivity contribution in [2.75, 3.05) is 20.8 Å². The van der Waals surface area contributed by atoms with Crippen LogP contribution in [0.3, 0.4) is 0 Å². The fraction of sp³-hybridized carbons (Fsp3) is 0.265. The summed E-state index contributed by atoms with van der Waals surface area (Å²) in [6.07, 6.45) is 2.97. The van der Waals surface area contributed by atoms with Crippen molar-refractivity contribution in [3.63, 3.8) is 0 Å². The smallest absolute Gasteiger partial charge is 0.338 e. The van der Waals surface area contributed by atoms with E-state index in [0.29, 0.717) is 64.0 Å². The van der Waals surface area contributed by atoms with Gasteiger partial charge in [0.25, 0.3) is 5.56 Å². The first-order chi connectivity index (χ1) is 22.2. The van der Waals surface area contributed by atoms with Gasteiger partial charge in [0.1, 0.15) is 24.2 Å². The molecule has 0 amide bonds. The number of ether oxygens (including phenoxy) is 4. The molecule has 0 spiro atoms. The summed E-state index contributed by atoms with van der Waals surface area (Å²) < 4.78 is 39.5. The van der Waals surface area contributed by atoms with Crippen LogP contribution in [0.25, 0.3) is 6.08 Å². The Morgan fingerprint density at radius 1 is 1.11 bits per heavy atom. The topological polar surface area (TPSA) is 88.4 Å². The van der Waals surface area contributed by atoms with E-state index in [4.69, 9.17) is 35.5 Å². The third kappa shape index (κ3) is 6.86. The van der Waals surface area contributed by atoms with Gasteiger partial charge in [0.05, 0.1) is 40.2 Å². The molecule has 8 nitrogen and oxygen atoms in total. The lowest BCUT2D eigenvalue weighted by Crippen LogP contribution is -2.40. The molecule has 0 N–H and O–H groups in total. The highest BCUT2D eigenvalue weighted by Crippen LogP contribution is 2.39. The van der Waals surface area contributed by atoms with E-state index in [1.54, 1.807) is 55.5 Å². The molecule has 0 fully saturated rings. The van der Waals surface area contributed by atoms with Crippen molar-refractivity contribution in [3.05, 3.63) is 117 Å². The van der Waals surface area contributed by atoms with E-state index in [-0.39, 0.29) is 30.2 Å². The Kier molecular flexibility index (Phi) is 10.9. The van der Waals surface area contributed by atoms with E-state index >= 15 is 0 Å². The fourth-order valence-corrected chi connectivity index (χ4v) is 7.20. The number of carbonyl (C=O) groups is 1. The molecule has 12 heteroatoms. The molecule has 0 aliphatic carbocycles. The molecule has 240 valence electrons. The predicted molar refractivity (Wildman–Crippen MR) is 184 cm³/mol. The maximum atomic E-state index is 14.2. The van der Waals surface area contributed by atoms with Crippen LogP contribution in [0.4, 0.5) is 4.39 Å². The minimum Gasteiger partial charge on any atom is -0.496 e. The van der Waals surface area contributed by atoms with Crippen LogP contribution in [0.5, 0.6) is 17.2 Å².